The number of alkyl halides is 1. The van der Waals surface area contributed by atoms with Gasteiger partial charge in [0.15, 0.2) is 11.6 Å². The van der Waals surface area contributed by atoms with E-state index in [1.165, 1.54) is 6.33 Å². The first-order valence-electron chi connectivity index (χ1n) is 12.0. The van der Waals surface area contributed by atoms with Gasteiger partial charge in [-0.2, -0.15) is 15.0 Å². The molecule has 11 nitrogen and oxygen atoms in total. The van der Waals surface area contributed by atoms with Gasteiger partial charge in [-0.15, -0.1) is 0 Å². The van der Waals surface area contributed by atoms with Crippen LogP contribution in [0.5, 0.6) is 11.8 Å². The number of amides is 1. The molecule has 2 atom stereocenters. The second kappa shape index (κ2) is 10.5. The molecule has 2 aromatic heterocycles. The lowest BCUT2D eigenvalue weighted by Crippen LogP contribution is -2.37. The maximum Gasteiger partial charge on any atom is 0.321 e. The van der Waals surface area contributed by atoms with Gasteiger partial charge >= 0.3 is 6.01 Å². The second-order valence-corrected chi connectivity index (χ2v) is 9.85. The fourth-order valence-corrected chi connectivity index (χ4v) is 3.80. The summed E-state index contributed by atoms with van der Waals surface area (Å²) in [4.78, 5) is 35.6. The van der Waals surface area contributed by atoms with Gasteiger partial charge < -0.3 is 25.4 Å². The Hall–Kier alpha value is -3.31. The molecule has 3 heterocycles. The summed E-state index contributed by atoms with van der Waals surface area (Å²) in [5.41, 5.74) is 4.60. The van der Waals surface area contributed by atoms with Crippen molar-refractivity contribution in [2.45, 2.75) is 45.7 Å². The highest BCUT2D eigenvalue weighted by Gasteiger charge is 2.51. The lowest BCUT2D eigenvalue weighted by molar-refractivity contribution is 0.0936. The van der Waals surface area contributed by atoms with Crippen molar-refractivity contribution in [3.8, 4) is 11.8 Å². The Morgan fingerprint density at radius 2 is 2.00 bits per heavy atom. The van der Waals surface area contributed by atoms with Gasteiger partial charge in [-0.25, -0.2) is 14.4 Å². The second-order valence-electron chi connectivity index (χ2n) is 9.85. The summed E-state index contributed by atoms with van der Waals surface area (Å²) in [7, 11) is 0. The first-order valence-corrected chi connectivity index (χ1v) is 12.0. The number of rotatable bonds is 10. The maximum absolute atomic E-state index is 13.9. The molecule has 0 bridgehead atoms. The number of piperidine rings is 1. The fourth-order valence-electron chi connectivity index (χ4n) is 3.80. The van der Waals surface area contributed by atoms with Crippen molar-refractivity contribution >= 4 is 17.7 Å². The smallest absolute Gasteiger partial charge is 0.321 e. The van der Waals surface area contributed by atoms with E-state index in [1.807, 2.05) is 18.7 Å². The summed E-state index contributed by atoms with van der Waals surface area (Å²) in [6, 6.07) is 0.0393. The average Bonchev–Trinajstić information content (AvgIpc) is 3.47. The van der Waals surface area contributed by atoms with E-state index < -0.39 is 5.67 Å². The molecule has 0 aromatic carbocycles. The molecular formula is C23H33FN8O3. The number of nitrogens with two attached hydrogens (primary N) is 1. The molecule has 2 unspecified atom stereocenters. The minimum Gasteiger partial charge on any atom is -0.488 e. The minimum atomic E-state index is -1.21. The molecule has 1 aliphatic heterocycles. The van der Waals surface area contributed by atoms with E-state index in [4.69, 9.17) is 15.2 Å². The third kappa shape index (κ3) is 6.64. The number of nitrogen functional groups attached to an aromatic ring is 1. The normalized spacial score (nSPS) is 22.2. The predicted octanol–water partition coefficient (Wildman–Crippen LogP) is 2.05. The molecule has 0 spiro atoms. The van der Waals surface area contributed by atoms with Crippen LogP contribution in [0.2, 0.25) is 0 Å². The summed E-state index contributed by atoms with van der Waals surface area (Å²) < 4.78 is 25.4. The van der Waals surface area contributed by atoms with Crippen LogP contribution in [-0.4, -0.2) is 69.3 Å². The molecule has 2 aromatic rings. The van der Waals surface area contributed by atoms with Crippen LogP contribution >= 0.6 is 0 Å². The van der Waals surface area contributed by atoms with Gasteiger partial charge in [0.2, 0.25) is 11.8 Å². The van der Waals surface area contributed by atoms with Gasteiger partial charge in [0.25, 0.3) is 5.91 Å². The summed E-state index contributed by atoms with van der Waals surface area (Å²) in [5, 5.41) is 2.83. The van der Waals surface area contributed by atoms with E-state index in [9.17, 15) is 9.18 Å². The first kappa shape index (κ1) is 24.8. The Morgan fingerprint density at radius 3 is 2.66 bits per heavy atom. The Labute approximate surface area is 204 Å². The van der Waals surface area contributed by atoms with E-state index in [-0.39, 0.29) is 36.2 Å². The van der Waals surface area contributed by atoms with Gasteiger partial charge in [-0.3, -0.25) is 4.79 Å². The molecular weight excluding hydrogens is 455 g/mol. The predicted molar refractivity (Wildman–Crippen MR) is 127 cm³/mol. The molecule has 12 heteroatoms. The van der Waals surface area contributed by atoms with Gasteiger partial charge in [-0.1, -0.05) is 13.8 Å². The standard InChI is InChI=1S/C23H33FN8O3/c1-14(2)9-27-20(33)19-29-21(31-22(30-19)35-12-16-8-23(16,3)24)32-6-4-15(5-7-32)11-34-17-10-26-13-28-18(17)25/h10,13-16H,4-9,11-12H2,1-3H3,(H,27,33)(H2,25,26,28). The Kier molecular flexibility index (Phi) is 7.46. The molecule has 35 heavy (non-hydrogen) atoms. The number of ether oxygens (including phenoxy) is 2. The van der Waals surface area contributed by atoms with E-state index >= 15 is 0 Å². The van der Waals surface area contributed by atoms with Crippen LogP contribution in [-0.2, 0) is 0 Å². The monoisotopic (exact) mass is 488 g/mol. The van der Waals surface area contributed by atoms with Gasteiger partial charge in [0.05, 0.1) is 19.4 Å². The summed E-state index contributed by atoms with van der Waals surface area (Å²) in [5.74, 6) is 1.18. The molecule has 1 aliphatic carbocycles. The number of hydrogen-bond donors (Lipinski definition) is 2. The third-order valence-electron chi connectivity index (χ3n) is 6.31. The number of hydrogen-bond acceptors (Lipinski definition) is 10. The number of carbonyl (C=O) groups excluding carboxylic acids is 1. The zero-order valence-corrected chi connectivity index (χ0v) is 20.4. The molecule has 0 radical (unpaired) electrons. The number of nitrogens with one attached hydrogen (secondary N) is 1. The van der Waals surface area contributed by atoms with Gasteiger partial charge in [0.1, 0.15) is 12.0 Å². The summed E-state index contributed by atoms with van der Waals surface area (Å²) in [6.45, 7) is 8.08. The van der Waals surface area contributed by atoms with Crippen LogP contribution in [0.25, 0.3) is 0 Å². The molecule has 3 N–H and O–H groups in total. The Balaban J connectivity index is 1.39. The van der Waals surface area contributed by atoms with Crippen LogP contribution < -0.4 is 25.4 Å². The van der Waals surface area contributed by atoms with Crippen LogP contribution in [0.3, 0.4) is 0 Å². The van der Waals surface area contributed by atoms with Crippen molar-refractivity contribution in [1.29, 1.82) is 0 Å². The molecule has 2 fully saturated rings. The fraction of sp³-hybridized carbons (Fsp3) is 0.652. The number of carbonyl (C=O) groups is 1. The molecule has 1 amide bonds. The quantitative estimate of drug-likeness (QED) is 0.510. The maximum atomic E-state index is 13.9. The van der Waals surface area contributed by atoms with Crippen LogP contribution in [0, 0.1) is 17.8 Å². The lowest BCUT2D eigenvalue weighted by Gasteiger charge is -2.32. The molecule has 190 valence electrons. The minimum absolute atomic E-state index is 0.00512. The highest BCUT2D eigenvalue weighted by molar-refractivity contribution is 5.90. The van der Waals surface area contributed by atoms with Crippen LogP contribution in [0.1, 0.15) is 50.7 Å². The summed E-state index contributed by atoms with van der Waals surface area (Å²) in [6.07, 6.45) is 5.07. The lowest BCUT2D eigenvalue weighted by atomic mass is 9.98. The number of aromatic nitrogens is 5. The Bertz CT molecular complexity index is 1030. The molecule has 2 aliphatic rings. The third-order valence-corrected chi connectivity index (χ3v) is 6.31. The highest BCUT2D eigenvalue weighted by Crippen LogP contribution is 2.46. The van der Waals surface area contributed by atoms with Crippen molar-refractivity contribution in [3.63, 3.8) is 0 Å². The van der Waals surface area contributed by atoms with Crippen molar-refractivity contribution in [2.24, 2.45) is 17.8 Å². The zero-order chi connectivity index (χ0) is 25.0. The van der Waals surface area contributed by atoms with E-state index in [0.29, 0.717) is 56.1 Å². The van der Waals surface area contributed by atoms with E-state index in [0.717, 1.165) is 12.8 Å². The van der Waals surface area contributed by atoms with E-state index in [2.05, 4.69) is 30.2 Å². The number of halogens is 1. The topological polar surface area (TPSA) is 141 Å². The van der Waals surface area contributed by atoms with Crippen LogP contribution in [0.4, 0.5) is 16.2 Å². The SMILES string of the molecule is CC(C)CNC(=O)c1nc(OCC2CC2(C)F)nc(N2CCC(COc3cncnc3N)CC2)n1. The zero-order valence-electron chi connectivity index (χ0n) is 20.4. The number of anilines is 2. The van der Waals surface area contributed by atoms with Crippen molar-refractivity contribution in [2.75, 3.05) is 43.5 Å². The molecule has 4 rings (SSSR count). The van der Waals surface area contributed by atoms with Crippen LogP contribution in [0.15, 0.2) is 12.5 Å². The Morgan fingerprint density at radius 1 is 1.26 bits per heavy atom. The molecule has 1 saturated heterocycles. The first-order chi connectivity index (χ1) is 16.7. The van der Waals surface area contributed by atoms with Crippen molar-refractivity contribution in [3.05, 3.63) is 18.3 Å². The van der Waals surface area contributed by atoms with Crippen molar-refractivity contribution in [1.82, 2.24) is 30.2 Å². The van der Waals surface area contributed by atoms with Crippen molar-refractivity contribution < 1.29 is 18.7 Å². The average molecular weight is 489 g/mol. The molecule has 1 saturated carbocycles. The van der Waals surface area contributed by atoms with Gasteiger partial charge in [-0.05, 0) is 38.0 Å². The van der Waals surface area contributed by atoms with E-state index in [1.54, 1.807) is 13.1 Å². The number of nitrogens with zero attached hydrogens (tertiary/aromatic N) is 6. The van der Waals surface area contributed by atoms with Gasteiger partial charge in [0, 0.05) is 25.6 Å². The summed E-state index contributed by atoms with van der Waals surface area (Å²) >= 11 is 0. The highest BCUT2D eigenvalue weighted by atomic mass is 19.1. The largest absolute Gasteiger partial charge is 0.488 e.